The lowest BCUT2D eigenvalue weighted by atomic mass is 9.91. The SMILES string of the molecule is Cc1c(NC(=O)C(=O)N2C(c3ccccc3)CCC[C@H]2C)cnc(N)c1C. The highest BCUT2D eigenvalue weighted by Crippen LogP contribution is 2.34. The van der Waals surface area contributed by atoms with Gasteiger partial charge in [-0.15, -0.1) is 0 Å². The summed E-state index contributed by atoms with van der Waals surface area (Å²) in [6.45, 7) is 5.69. The average Bonchev–Trinajstić information content (AvgIpc) is 2.68. The highest BCUT2D eigenvalue weighted by Gasteiger charge is 2.36. The fraction of sp³-hybridized carbons (Fsp3) is 0.381. The van der Waals surface area contributed by atoms with E-state index >= 15 is 0 Å². The lowest BCUT2D eigenvalue weighted by Crippen LogP contribution is -2.48. The summed E-state index contributed by atoms with van der Waals surface area (Å²) in [5.41, 5.74) is 8.99. The van der Waals surface area contributed by atoms with Gasteiger partial charge < -0.3 is 16.0 Å². The maximum atomic E-state index is 13.0. The van der Waals surface area contributed by atoms with E-state index in [0.29, 0.717) is 11.5 Å². The van der Waals surface area contributed by atoms with E-state index in [1.807, 2.05) is 51.1 Å². The number of piperidine rings is 1. The summed E-state index contributed by atoms with van der Waals surface area (Å²) in [5.74, 6) is -0.727. The van der Waals surface area contributed by atoms with Gasteiger partial charge in [-0.2, -0.15) is 0 Å². The molecular formula is C21H26N4O2. The van der Waals surface area contributed by atoms with E-state index in [-0.39, 0.29) is 12.1 Å². The van der Waals surface area contributed by atoms with E-state index in [1.54, 1.807) is 4.90 Å². The van der Waals surface area contributed by atoms with Crippen LogP contribution in [0.15, 0.2) is 36.5 Å². The molecule has 6 nitrogen and oxygen atoms in total. The van der Waals surface area contributed by atoms with E-state index in [1.165, 1.54) is 6.20 Å². The van der Waals surface area contributed by atoms with Gasteiger partial charge in [-0.3, -0.25) is 9.59 Å². The van der Waals surface area contributed by atoms with Gasteiger partial charge in [0.05, 0.1) is 17.9 Å². The van der Waals surface area contributed by atoms with E-state index in [2.05, 4.69) is 10.3 Å². The quantitative estimate of drug-likeness (QED) is 0.798. The second-order valence-corrected chi connectivity index (χ2v) is 7.18. The molecule has 27 heavy (non-hydrogen) atoms. The third kappa shape index (κ3) is 3.79. The molecule has 2 atom stereocenters. The third-order valence-electron chi connectivity index (χ3n) is 5.45. The van der Waals surface area contributed by atoms with Gasteiger partial charge in [0.1, 0.15) is 5.82 Å². The molecular weight excluding hydrogens is 340 g/mol. The summed E-state index contributed by atoms with van der Waals surface area (Å²) < 4.78 is 0. The van der Waals surface area contributed by atoms with Gasteiger partial charge in [-0.05, 0) is 56.7 Å². The van der Waals surface area contributed by atoms with Crippen molar-refractivity contribution in [1.82, 2.24) is 9.88 Å². The van der Waals surface area contributed by atoms with Crippen molar-refractivity contribution in [2.45, 2.75) is 52.1 Å². The summed E-state index contributed by atoms with van der Waals surface area (Å²) >= 11 is 0. The van der Waals surface area contributed by atoms with E-state index < -0.39 is 11.8 Å². The van der Waals surface area contributed by atoms with Crippen LogP contribution >= 0.6 is 0 Å². The van der Waals surface area contributed by atoms with Crippen LogP contribution < -0.4 is 11.1 Å². The molecule has 2 heterocycles. The zero-order chi connectivity index (χ0) is 19.6. The van der Waals surface area contributed by atoms with Crippen LogP contribution in [-0.4, -0.2) is 27.7 Å². The van der Waals surface area contributed by atoms with Crippen molar-refractivity contribution < 1.29 is 9.59 Å². The standard InChI is InChI=1S/C21H26N4O2/c1-13-8-7-11-18(16-9-5-4-6-10-16)25(13)21(27)20(26)24-17-12-23-19(22)15(3)14(17)2/h4-6,9-10,12-13,18H,7-8,11H2,1-3H3,(H2,22,23)(H,24,26)/t13-,18?/m1/s1. The predicted octanol–water partition coefficient (Wildman–Crippen LogP) is 3.36. The van der Waals surface area contributed by atoms with E-state index in [0.717, 1.165) is 36.0 Å². The number of aromatic nitrogens is 1. The van der Waals surface area contributed by atoms with E-state index in [9.17, 15) is 9.59 Å². The van der Waals surface area contributed by atoms with Crippen LogP contribution in [-0.2, 0) is 9.59 Å². The Balaban J connectivity index is 1.84. The number of hydrogen-bond donors (Lipinski definition) is 2. The molecule has 1 aliphatic rings. The largest absolute Gasteiger partial charge is 0.383 e. The molecule has 0 radical (unpaired) electrons. The molecule has 142 valence electrons. The summed E-state index contributed by atoms with van der Waals surface area (Å²) in [4.78, 5) is 31.6. The number of anilines is 2. The number of hydrogen-bond acceptors (Lipinski definition) is 4. The molecule has 2 aromatic rings. The zero-order valence-electron chi connectivity index (χ0n) is 16.0. The van der Waals surface area contributed by atoms with Crippen molar-refractivity contribution in [3.63, 3.8) is 0 Å². The number of nitrogens with one attached hydrogen (secondary N) is 1. The number of nitrogens with two attached hydrogens (primary N) is 1. The van der Waals surface area contributed by atoms with Crippen LogP contribution in [0.4, 0.5) is 11.5 Å². The van der Waals surface area contributed by atoms with Crippen molar-refractivity contribution in [3.05, 3.63) is 53.2 Å². The Kier molecular flexibility index (Phi) is 5.44. The minimum atomic E-state index is -0.640. The van der Waals surface area contributed by atoms with Crippen molar-refractivity contribution in [2.75, 3.05) is 11.1 Å². The maximum absolute atomic E-state index is 13.0. The fourth-order valence-corrected chi connectivity index (χ4v) is 3.68. The summed E-state index contributed by atoms with van der Waals surface area (Å²) in [5, 5.41) is 2.72. The molecule has 1 saturated heterocycles. The van der Waals surface area contributed by atoms with Gasteiger partial charge in [-0.25, -0.2) is 4.98 Å². The molecule has 1 aromatic carbocycles. The van der Waals surface area contributed by atoms with Crippen molar-refractivity contribution in [1.29, 1.82) is 0 Å². The fourth-order valence-electron chi connectivity index (χ4n) is 3.68. The molecule has 0 saturated carbocycles. The molecule has 0 aliphatic carbocycles. The number of carbonyl (C=O) groups excluding carboxylic acids is 2. The molecule has 3 N–H and O–H groups in total. The number of pyridine rings is 1. The molecule has 1 aromatic heterocycles. The van der Waals surface area contributed by atoms with Gasteiger partial charge in [0, 0.05) is 6.04 Å². The zero-order valence-corrected chi connectivity index (χ0v) is 16.0. The normalized spacial score (nSPS) is 19.6. The lowest BCUT2D eigenvalue weighted by molar-refractivity contribution is -0.148. The number of rotatable bonds is 2. The first kappa shape index (κ1) is 18.9. The Morgan fingerprint density at radius 1 is 1.15 bits per heavy atom. The number of nitrogen functional groups attached to an aromatic ring is 1. The molecule has 0 spiro atoms. The molecule has 6 heteroatoms. The Labute approximate surface area is 159 Å². The summed E-state index contributed by atoms with van der Waals surface area (Å²) in [6.07, 6.45) is 4.28. The minimum Gasteiger partial charge on any atom is -0.383 e. The molecule has 2 amide bonds. The highest BCUT2D eigenvalue weighted by molar-refractivity contribution is 6.39. The maximum Gasteiger partial charge on any atom is 0.313 e. The van der Waals surface area contributed by atoms with Crippen molar-refractivity contribution in [2.24, 2.45) is 0 Å². The first-order chi connectivity index (χ1) is 12.9. The summed E-state index contributed by atoms with van der Waals surface area (Å²) in [6, 6.07) is 9.83. The molecule has 0 bridgehead atoms. The number of benzene rings is 1. The molecule has 3 rings (SSSR count). The molecule has 1 aliphatic heterocycles. The average molecular weight is 366 g/mol. The van der Waals surface area contributed by atoms with Gasteiger partial charge in [0.2, 0.25) is 0 Å². The Morgan fingerprint density at radius 3 is 2.56 bits per heavy atom. The second-order valence-electron chi connectivity index (χ2n) is 7.18. The van der Waals surface area contributed by atoms with Gasteiger partial charge >= 0.3 is 11.8 Å². The highest BCUT2D eigenvalue weighted by atomic mass is 16.2. The van der Waals surface area contributed by atoms with Crippen LogP contribution in [0.3, 0.4) is 0 Å². The first-order valence-corrected chi connectivity index (χ1v) is 9.30. The third-order valence-corrected chi connectivity index (χ3v) is 5.45. The van der Waals surface area contributed by atoms with Crippen LogP contribution in [0.25, 0.3) is 0 Å². The number of amides is 2. The van der Waals surface area contributed by atoms with Crippen LogP contribution in [0, 0.1) is 13.8 Å². The van der Waals surface area contributed by atoms with Crippen molar-refractivity contribution in [3.8, 4) is 0 Å². The Morgan fingerprint density at radius 2 is 1.85 bits per heavy atom. The topological polar surface area (TPSA) is 88.3 Å². The van der Waals surface area contributed by atoms with E-state index in [4.69, 9.17) is 5.73 Å². The minimum absolute atomic E-state index is 0.00887. The molecule has 1 fully saturated rings. The van der Waals surface area contributed by atoms with Crippen LogP contribution in [0.2, 0.25) is 0 Å². The summed E-state index contributed by atoms with van der Waals surface area (Å²) in [7, 11) is 0. The number of carbonyl (C=O) groups is 2. The number of likely N-dealkylation sites (tertiary alicyclic amines) is 1. The lowest BCUT2D eigenvalue weighted by Gasteiger charge is -2.40. The van der Waals surface area contributed by atoms with Gasteiger partial charge in [0.25, 0.3) is 0 Å². The van der Waals surface area contributed by atoms with Crippen molar-refractivity contribution >= 4 is 23.3 Å². The Bertz CT molecular complexity index is 851. The van der Waals surface area contributed by atoms with Crippen LogP contribution in [0.5, 0.6) is 0 Å². The smallest absolute Gasteiger partial charge is 0.313 e. The second kappa shape index (κ2) is 7.78. The van der Waals surface area contributed by atoms with Crippen LogP contribution in [0.1, 0.15) is 48.9 Å². The van der Waals surface area contributed by atoms with Gasteiger partial charge in [0.15, 0.2) is 0 Å². The Hall–Kier alpha value is -2.89. The van der Waals surface area contributed by atoms with Gasteiger partial charge in [-0.1, -0.05) is 30.3 Å². The number of nitrogens with zero attached hydrogens (tertiary/aromatic N) is 2. The monoisotopic (exact) mass is 366 g/mol. The molecule has 1 unspecified atom stereocenters. The first-order valence-electron chi connectivity index (χ1n) is 9.30. The predicted molar refractivity (Wildman–Crippen MR) is 106 cm³/mol.